The fourth-order valence-corrected chi connectivity index (χ4v) is 3.48. The molecule has 0 radical (unpaired) electrons. The summed E-state index contributed by atoms with van der Waals surface area (Å²) in [5.74, 6) is -1.06. The van der Waals surface area contributed by atoms with E-state index in [2.05, 4.69) is 5.32 Å². The number of nitrogens with one attached hydrogen (secondary N) is 1. The number of carbonyl (C=O) groups is 3. The Labute approximate surface area is 175 Å². The van der Waals surface area contributed by atoms with Crippen molar-refractivity contribution >= 4 is 17.8 Å². The molecule has 0 spiro atoms. The molecule has 1 rings (SSSR count). The zero-order valence-electron chi connectivity index (χ0n) is 19.4. The normalized spacial score (nSPS) is 19.8. The van der Waals surface area contributed by atoms with Crippen molar-refractivity contribution in [1.29, 1.82) is 0 Å². The minimum absolute atomic E-state index is 0.0577. The Hall–Kier alpha value is -1.63. The van der Waals surface area contributed by atoms with E-state index in [1.807, 2.05) is 34.6 Å². The second-order valence-corrected chi connectivity index (χ2v) is 10.7. The second-order valence-electron chi connectivity index (χ2n) is 10.7. The highest BCUT2D eigenvalue weighted by Crippen LogP contribution is 2.26. The highest BCUT2D eigenvalue weighted by Gasteiger charge is 2.39. The van der Waals surface area contributed by atoms with Crippen molar-refractivity contribution in [3.63, 3.8) is 0 Å². The topological polar surface area (TPSA) is 95.9 Å². The number of aliphatic hydroxyl groups is 1. The van der Waals surface area contributed by atoms with Gasteiger partial charge >= 0.3 is 5.97 Å². The van der Waals surface area contributed by atoms with E-state index >= 15 is 0 Å². The van der Waals surface area contributed by atoms with Crippen LogP contribution in [0.2, 0.25) is 0 Å². The van der Waals surface area contributed by atoms with Crippen LogP contribution >= 0.6 is 0 Å². The first-order valence-corrected chi connectivity index (χ1v) is 10.6. The molecule has 2 unspecified atom stereocenters. The van der Waals surface area contributed by atoms with Crippen LogP contribution in [0.5, 0.6) is 0 Å². The van der Waals surface area contributed by atoms with E-state index in [1.54, 1.807) is 25.7 Å². The number of rotatable bonds is 7. The van der Waals surface area contributed by atoms with Gasteiger partial charge in [-0.05, 0) is 51.4 Å². The van der Waals surface area contributed by atoms with Crippen LogP contribution in [0.1, 0.15) is 81.1 Å². The van der Waals surface area contributed by atoms with Crippen LogP contribution < -0.4 is 5.32 Å². The molecule has 1 aliphatic rings. The first-order chi connectivity index (χ1) is 13.1. The van der Waals surface area contributed by atoms with E-state index in [9.17, 15) is 19.5 Å². The maximum absolute atomic E-state index is 12.7. The van der Waals surface area contributed by atoms with Crippen molar-refractivity contribution in [3.05, 3.63) is 0 Å². The molecule has 7 heteroatoms. The molecule has 1 heterocycles. The molecule has 1 saturated heterocycles. The van der Waals surface area contributed by atoms with E-state index < -0.39 is 35.7 Å². The van der Waals surface area contributed by atoms with Crippen molar-refractivity contribution in [2.75, 3.05) is 6.54 Å². The van der Waals surface area contributed by atoms with Crippen LogP contribution in [0.3, 0.4) is 0 Å². The van der Waals surface area contributed by atoms with Crippen molar-refractivity contribution in [3.8, 4) is 0 Å². The Morgan fingerprint density at radius 3 is 2.21 bits per heavy atom. The van der Waals surface area contributed by atoms with Gasteiger partial charge in [0.2, 0.25) is 5.91 Å². The molecule has 0 aromatic heterocycles. The SMILES string of the molecule is CC(C)C[C@@H](NC(=O)C(O)C1CCCN1C(=O)CC(C)(C)C)C(=O)OC(C)(C)C. The molecule has 0 aromatic carbocycles. The van der Waals surface area contributed by atoms with Crippen molar-refractivity contribution in [2.45, 2.75) is 105 Å². The average molecular weight is 413 g/mol. The van der Waals surface area contributed by atoms with Gasteiger partial charge in [-0.1, -0.05) is 34.6 Å². The van der Waals surface area contributed by atoms with Crippen LogP contribution in [0.25, 0.3) is 0 Å². The Morgan fingerprint density at radius 1 is 1.14 bits per heavy atom. The van der Waals surface area contributed by atoms with Gasteiger partial charge in [-0.2, -0.15) is 0 Å². The maximum atomic E-state index is 12.7. The van der Waals surface area contributed by atoms with E-state index in [4.69, 9.17) is 4.74 Å². The molecule has 0 saturated carbocycles. The first kappa shape index (κ1) is 25.4. The summed E-state index contributed by atoms with van der Waals surface area (Å²) in [6, 6.07) is -1.40. The number of aliphatic hydroxyl groups excluding tert-OH is 1. The maximum Gasteiger partial charge on any atom is 0.329 e. The molecule has 0 aromatic rings. The van der Waals surface area contributed by atoms with Gasteiger partial charge in [0.1, 0.15) is 11.6 Å². The summed E-state index contributed by atoms with van der Waals surface area (Å²) >= 11 is 0. The molecule has 1 aliphatic heterocycles. The minimum Gasteiger partial charge on any atom is -0.458 e. The zero-order valence-corrected chi connectivity index (χ0v) is 19.4. The fourth-order valence-electron chi connectivity index (χ4n) is 3.48. The van der Waals surface area contributed by atoms with Crippen molar-refractivity contribution in [2.24, 2.45) is 11.3 Å². The van der Waals surface area contributed by atoms with Crippen LogP contribution in [-0.2, 0) is 19.1 Å². The van der Waals surface area contributed by atoms with E-state index in [1.165, 1.54) is 0 Å². The monoisotopic (exact) mass is 412 g/mol. The van der Waals surface area contributed by atoms with Gasteiger partial charge in [0, 0.05) is 13.0 Å². The number of hydrogen-bond donors (Lipinski definition) is 2. The van der Waals surface area contributed by atoms with Gasteiger partial charge in [0.25, 0.3) is 5.91 Å². The lowest BCUT2D eigenvalue weighted by atomic mass is 9.91. The molecule has 2 amide bonds. The van der Waals surface area contributed by atoms with Gasteiger partial charge in [-0.25, -0.2) is 4.79 Å². The van der Waals surface area contributed by atoms with Gasteiger partial charge < -0.3 is 20.1 Å². The standard InChI is InChI=1S/C22H40N2O5/c1-14(2)12-15(20(28)29-22(6,7)8)23-19(27)18(26)16-10-9-11-24(16)17(25)13-21(3,4)5/h14-16,18,26H,9-13H2,1-8H3,(H,23,27)/t15-,16?,18?/m1/s1. The molecule has 3 atom stereocenters. The number of ether oxygens (including phenoxy) is 1. The fraction of sp³-hybridized carbons (Fsp3) is 0.864. The Balaban J connectivity index is 2.85. The zero-order chi connectivity index (χ0) is 22.6. The Kier molecular flexibility index (Phi) is 8.69. The Bertz CT molecular complexity index is 589. The summed E-state index contributed by atoms with van der Waals surface area (Å²) < 4.78 is 5.42. The van der Waals surface area contributed by atoms with E-state index in [-0.39, 0.29) is 17.2 Å². The summed E-state index contributed by atoms with van der Waals surface area (Å²) in [7, 11) is 0. The summed E-state index contributed by atoms with van der Waals surface area (Å²) in [4.78, 5) is 39.5. The molecule has 2 N–H and O–H groups in total. The number of carbonyl (C=O) groups excluding carboxylic acids is 3. The molecule has 7 nitrogen and oxygen atoms in total. The van der Waals surface area contributed by atoms with Crippen LogP contribution in [0.15, 0.2) is 0 Å². The van der Waals surface area contributed by atoms with Crippen molar-refractivity contribution in [1.82, 2.24) is 10.2 Å². The van der Waals surface area contributed by atoms with Crippen LogP contribution in [-0.4, -0.2) is 58.1 Å². The lowest BCUT2D eigenvalue weighted by Gasteiger charge is -2.31. The number of nitrogens with zero attached hydrogens (tertiary/aromatic N) is 1. The molecular formula is C22H40N2O5. The number of hydrogen-bond acceptors (Lipinski definition) is 5. The van der Waals surface area contributed by atoms with Gasteiger partial charge in [-0.3, -0.25) is 9.59 Å². The smallest absolute Gasteiger partial charge is 0.329 e. The number of amides is 2. The van der Waals surface area contributed by atoms with Crippen LogP contribution in [0, 0.1) is 11.3 Å². The summed E-state index contributed by atoms with van der Waals surface area (Å²) in [5, 5.41) is 13.3. The van der Waals surface area contributed by atoms with E-state index in [0.717, 1.165) is 6.42 Å². The molecule has 29 heavy (non-hydrogen) atoms. The average Bonchev–Trinajstić information content (AvgIpc) is 2.99. The van der Waals surface area contributed by atoms with Crippen LogP contribution in [0.4, 0.5) is 0 Å². The lowest BCUT2D eigenvalue weighted by Crippen LogP contribution is -2.54. The third-order valence-electron chi connectivity index (χ3n) is 4.65. The largest absolute Gasteiger partial charge is 0.458 e. The third-order valence-corrected chi connectivity index (χ3v) is 4.65. The van der Waals surface area contributed by atoms with Gasteiger partial charge in [0.05, 0.1) is 6.04 Å². The van der Waals surface area contributed by atoms with E-state index in [0.29, 0.717) is 25.8 Å². The highest BCUT2D eigenvalue weighted by molar-refractivity contribution is 5.88. The summed E-state index contributed by atoms with van der Waals surface area (Å²) in [6.45, 7) is 15.7. The first-order valence-electron chi connectivity index (χ1n) is 10.6. The number of likely N-dealkylation sites (tertiary alicyclic amines) is 1. The molecule has 168 valence electrons. The molecule has 0 aliphatic carbocycles. The molecular weight excluding hydrogens is 372 g/mol. The minimum atomic E-state index is -1.38. The Morgan fingerprint density at radius 2 is 1.72 bits per heavy atom. The predicted octanol–water partition coefficient (Wildman–Crippen LogP) is 2.65. The second kappa shape index (κ2) is 9.92. The highest BCUT2D eigenvalue weighted by atomic mass is 16.6. The summed E-state index contributed by atoms with van der Waals surface area (Å²) in [6.07, 6.45) is 0.688. The van der Waals surface area contributed by atoms with Gasteiger partial charge in [0.15, 0.2) is 6.10 Å². The quantitative estimate of drug-likeness (QED) is 0.627. The number of esters is 1. The van der Waals surface area contributed by atoms with Gasteiger partial charge in [-0.15, -0.1) is 0 Å². The third kappa shape index (κ3) is 8.72. The summed E-state index contributed by atoms with van der Waals surface area (Å²) in [5.41, 5.74) is -0.839. The van der Waals surface area contributed by atoms with Crippen molar-refractivity contribution < 1.29 is 24.2 Å². The predicted molar refractivity (Wildman–Crippen MR) is 112 cm³/mol. The molecule has 1 fully saturated rings. The molecule has 0 bridgehead atoms. The lowest BCUT2D eigenvalue weighted by molar-refractivity contribution is -0.160.